The lowest BCUT2D eigenvalue weighted by Crippen LogP contribution is -2.41. The number of aliphatic hydroxyl groups is 1. The highest BCUT2D eigenvalue weighted by Gasteiger charge is 2.23. The molecule has 0 saturated heterocycles. The van der Waals surface area contributed by atoms with Gasteiger partial charge in [-0.1, -0.05) is 13.8 Å². The van der Waals surface area contributed by atoms with Crippen LogP contribution in [0.3, 0.4) is 0 Å². The third-order valence-corrected chi connectivity index (χ3v) is 2.73. The van der Waals surface area contributed by atoms with E-state index < -0.39 is 5.60 Å². The van der Waals surface area contributed by atoms with E-state index in [2.05, 4.69) is 10.3 Å². The number of hydrogen-bond donors (Lipinski definition) is 2. The van der Waals surface area contributed by atoms with Crippen LogP contribution in [-0.2, 0) is 0 Å². The zero-order valence-corrected chi connectivity index (χ0v) is 11.5. The maximum Gasteiger partial charge on any atom is 0.253 e. The zero-order chi connectivity index (χ0) is 13.8. The smallest absolute Gasteiger partial charge is 0.253 e. The van der Waals surface area contributed by atoms with Crippen molar-refractivity contribution in [3.05, 3.63) is 29.6 Å². The molecular formula is C14H22N2O2. The van der Waals surface area contributed by atoms with E-state index in [-0.39, 0.29) is 12.5 Å². The van der Waals surface area contributed by atoms with Crippen molar-refractivity contribution in [1.29, 1.82) is 0 Å². The van der Waals surface area contributed by atoms with Crippen molar-refractivity contribution in [3.8, 4) is 0 Å². The average Bonchev–Trinajstić information content (AvgIpc) is 2.25. The first-order chi connectivity index (χ1) is 8.32. The fourth-order valence-corrected chi connectivity index (χ4v) is 2.04. The van der Waals surface area contributed by atoms with Crippen LogP contribution in [0.5, 0.6) is 0 Å². The Labute approximate surface area is 108 Å². The standard InChI is InChI=1S/C14H22N2O2/c1-10(2)8-14(4,18)9-16-13(17)12-6-5-7-15-11(12)3/h5-7,10,18H,8-9H2,1-4H3,(H,16,17). The lowest BCUT2D eigenvalue weighted by molar-refractivity contribution is 0.0368. The number of carbonyl (C=O) groups is 1. The molecule has 1 aromatic heterocycles. The number of hydrogen-bond acceptors (Lipinski definition) is 3. The number of nitrogens with zero attached hydrogens (tertiary/aromatic N) is 1. The fourth-order valence-electron chi connectivity index (χ4n) is 2.04. The van der Waals surface area contributed by atoms with E-state index in [0.29, 0.717) is 23.6 Å². The summed E-state index contributed by atoms with van der Waals surface area (Å²) >= 11 is 0. The highest BCUT2D eigenvalue weighted by atomic mass is 16.3. The molecular weight excluding hydrogens is 228 g/mol. The molecule has 0 bridgehead atoms. The van der Waals surface area contributed by atoms with Crippen LogP contribution in [0.25, 0.3) is 0 Å². The highest BCUT2D eigenvalue weighted by molar-refractivity contribution is 5.95. The van der Waals surface area contributed by atoms with E-state index in [1.54, 1.807) is 32.2 Å². The molecule has 0 aromatic carbocycles. The molecule has 0 aliphatic rings. The van der Waals surface area contributed by atoms with Gasteiger partial charge in [0, 0.05) is 18.4 Å². The number of aryl methyl sites for hydroxylation is 1. The SMILES string of the molecule is Cc1ncccc1C(=O)NCC(C)(O)CC(C)C. The van der Waals surface area contributed by atoms with Gasteiger partial charge >= 0.3 is 0 Å². The molecule has 0 radical (unpaired) electrons. The minimum atomic E-state index is -0.875. The summed E-state index contributed by atoms with van der Waals surface area (Å²) in [5, 5.41) is 12.9. The molecule has 1 amide bonds. The van der Waals surface area contributed by atoms with Crippen LogP contribution in [0.15, 0.2) is 18.3 Å². The van der Waals surface area contributed by atoms with Crippen LogP contribution in [0, 0.1) is 12.8 Å². The number of nitrogens with one attached hydrogen (secondary N) is 1. The summed E-state index contributed by atoms with van der Waals surface area (Å²) in [4.78, 5) is 16.0. The van der Waals surface area contributed by atoms with E-state index in [0.717, 1.165) is 0 Å². The Morgan fingerprint density at radius 1 is 1.56 bits per heavy atom. The van der Waals surface area contributed by atoms with Gasteiger partial charge in [0.1, 0.15) is 0 Å². The lowest BCUT2D eigenvalue weighted by Gasteiger charge is -2.25. The molecule has 18 heavy (non-hydrogen) atoms. The molecule has 100 valence electrons. The Morgan fingerprint density at radius 3 is 2.78 bits per heavy atom. The third kappa shape index (κ3) is 4.45. The molecule has 1 unspecified atom stereocenters. The first kappa shape index (κ1) is 14.6. The molecule has 4 heteroatoms. The van der Waals surface area contributed by atoms with Crippen molar-refractivity contribution in [2.75, 3.05) is 6.54 Å². The molecule has 0 spiro atoms. The van der Waals surface area contributed by atoms with Crippen molar-refractivity contribution in [2.45, 2.75) is 39.7 Å². The van der Waals surface area contributed by atoms with E-state index in [4.69, 9.17) is 0 Å². The number of pyridine rings is 1. The first-order valence-corrected chi connectivity index (χ1v) is 6.24. The number of amides is 1. The van der Waals surface area contributed by atoms with Crippen LogP contribution in [0.1, 0.15) is 43.2 Å². The van der Waals surface area contributed by atoms with E-state index in [1.165, 1.54) is 0 Å². The van der Waals surface area contributed by atoms with Gasteiger partial charge in [0.05, 0.1) is 11.2 Å². The Bertz CT molecular complexity index is 414. The predicted octanol–water partition coefficient (Wildman–Crippen LogP) is 1.92. The van der Waals surface area contributed by atoms with Gasteiger partial charge in [-0.05, 0) is 38.3 Å². The van der Waals surface area contributed by atoms with Gasteiger partial charge in [-0.2, -0.15) is 0 Å². The molecule has 1 rings (SSSR count). The summed E-state index contributed by atoms with van der Waals surface area (Å²) < 4.78 is 0. The monoisotopic (exact) mass is 250 g/mol. The van der Waals surface area contributed by atoms with Crippen LogP contribution >= 0.6 is 0 Å². The quantitative estimate of drug-likeness (QED) is 0.839. The second-order valence-electron chi connectivity index (χ2n) is 5.41. The topological polar surface area (TPSA) is 62.2 Å². The second-order valence-corrected chi connectivity index (χ2v) is 5.41. The summed E-state index contributed by atoms with van der Waals surface area (Å²) in [6, 6.07) is 3.46. The fraction of sp³-hybridized carbons (Fsp3) is 0.571. The van der Waals surface area contributed by atoms with Crippen LogP contribution in [-0.4, -0.2) is 28.1 Å². The largest absolute Gasteiger partial charge is 0.388 e. The normalized spacial score (nSPS) is 14.3. The van der Waals surface area contributed by atoms with Gasteiger partial charge in [0.15, 0.2) is 0 Å². The highest BCUT2D eigenvalue weighted by Crippen LogP contribution is 2.15. The maximum atomic E-state index is 11.9. The Balaban J connectivity index is 2.59. The Kier molecular flexibility index (Phi) is 4.84. The van der Waals surface area contributed by atoms with Gasteiger partial charge in [-0.25, -0.2) is 0 Å². The molecule has 1 aromatic rings. The zero-order valence-electron chi connectivity index (χ0n) is 11.5. The van der Waals surface area contributed by atoms with Crippen molar-refractivity contribution in [2.24, 2.45) is 5.92 Å². The molecule has 4 nitrogen and oxygen atoms in total. The lowest BCUT2D eigenvalue weighted by atomic mass is 9.94. The predicted molar refractivity (Wildman–Crippen MR) is 71.4 cm³/mol. The summed E-state index contributed by atoms with van der Waals surface area (Å²) in [5.74, 6) is 0.196. The maximum absolute atomic E-state index is 11.9. The van der Waals surface area contributed by atoms with Crippen molar-refractivity contribution >= 4 is 5.91 Å². The third-order valence-electron chi connectivity index (χ3n) is 2.73. The minimum Gasteiger partial charge on any atom is -0.388 e. The molecule has 1 heterocycles. The van der Waals surface area contributed by atoms with E-state index >= 15 is 0 Å². The summed E-state index contributed by atoms with van der Waals surface area (Å²) in [5.41, 5.74) is 0.372. The Morgan fingerprint density at radius 2 is 2.22 bits per heavy atom. The second kappa shape index (κ2) is 5.96. The van der Waals surface area contributed by atoms with Gasteiger partial charge < -0.3 is 10.4 Å². The Hall–Kier alpha value is -1.42. The van der Waals surface area contributed by atoms with Gasteiger partial charge in [-0.15, -0.1) is 0 Å². The molecule has 1 atom stereocenters. The van der Waals surface area contributed by atoms with E-state index in [9.17, 15) is 9.90 Å². The van der Waals surface area contributed by atoms with Crippen LogP contribution < -0.4 is 5.32 Å². The van der Waals surface area contributed by atoms with Crippen LogP contribution in [0.4, 0.5) is 0 Å². The minimum absolute atomic E-state index is 0.190. The molecule has 0 aliphatic heterocycles. The van der Waals surface area contributed by atoms with Crippen molar-refractivity contribution < 1.29 is 9.90 Å². The summed E-state index contributed by atoms with van der Waals surface area (Å²) in [6.07, 6.45) is 2.31. The van der Waals surface area contributed by atoms with Gasteiger partial charge in [0.25, 0.3) is 5.91 Å². The molecule has 0 saturated carbocycles. The average molecular weight is 250 g/mol. The van der Waals surface area contributed by atoms with Gasteiger partial charge in [-0.3, -0.25) is 9.78 Å². The summed E-state index contributed by atoms with van der Waals surface area (Å²) in [6.45, 7) is 7.87. The van der Waals surface area contributed by atoms with Crippen molar-refractivity contribution in [1.82, 2.24) is 10.3 Å². The van der Waals surface area contributed by atoms with Crippen LogP contribution in [0.2, 0.25) is 0 Å². The molecule has 0 fully saturated rings. The first-order valence-electron chi connectivity index (χ1n) is 6.24. The van der Waals surface area contributed by atoms with E-state index in [1.807, 2.05) is 13.8 Å². The molecule has 0 aliphatic carbocycles. The molecule has 2 N–H and O–H groups in total. The number of carbonyl (C=O) groups excluding carboxylic acids is 1. The number of rotatable bonds is 5. The number of aromatic nitrogens is 1. The summed E-state index contributed by atoms with van der Waals surface area (Å²) in [7, 11) is 0. The van der Waals surface area contributed by atoms with Crippen molar-refractivity contribution in [3.63, 3.8) is 0 Å². The van der Waals surface area contributed by atoms with Gasteiger partial charge in [0.2, 0.25) is 0 Å².